The van der Waals surface area contributed by atoms with Crippen LogP contribution in [0.3, 0.4) is 0 Å². The normalized spacial score (nSPS) is 23.3. The maximum Gasteiger partial charge on any atom is 0.157 e. The number of anilines is 3. The molecule has 23 heavy (non-hydrogen) atoms. The van der Waals surface area contributed by atoms with Gasteiger partial charge >= 0.3 is 0 Å². The van der Waals surface area contributed by atoms with Gasteiger partial charge in [-0.05, 0) is 26.2 Å². The molecular weight excluding hydrogens is 292 g/mol. The minimum absolute atomic E-state index is 0.215. The lowest BCUT2D eigenvalue weighted by Gasteiger charge is -2.38. The SMILES string of the molecule is CC1CCCCN1c1ncnc(N2CCN(CCO)CC2)c1N. The zero-order chi connectivity index (χ0) is 16.2. The Morgan fingerprint density at radius 2 is 1.87 bits per heavy atom. The smallest absolute Gasteiger partial charge is 0.157 e. The summed E-state index contributed by atoms with van der Waals surface area (Å²) in [5, 5.41) is 9.05. The lowest BCUT2D eigenvalue weighted by molar-refractivity contribution is 0.188. The predicted molar refractivity (Wildman–Crippen MR) is 92.8 cm³/mol. The molecule has 2 aliphatic heterocycles. The van der Waals surface area contributed by atoms with E-state index in [-0.39, 0.29) is 6.61 Å². The summed E-state index contributed by atoms with van der Waals surface area (Å²) in [5.74, 6) is 1.75. The summed E-state index contributed by atoms with van der Waals surface area (Å²) in [4.78, 5) is 15.8. The number of piperazine rings is 1. The van der Waals surface area contributed by atoms with Gasteiger partial charge in [-0.15, -0.1) is 0 Å². The summed E-state index contributed by atoms with van der Waals surface area (Å²) in [5.41, 5.74) is 7.14. The lowest BCUT2D eigenvalue weighted by Crippen LogP contribution is -2.48. The lowest BCUT2D eigenvalue weighted by atomic mass is 10.0. The van der Waals surface area contributed by atoms with Crippen LogP contribution in [0.4, 0.5) is 17.3 Å². The average Bonchev–Trinajstić information content (AvgIpc) is 2.57. The predicted octanol–water partition coefficient (Wildman–Crippen LogP) is 0.552. The summed E-state index contributed by atoms with van der Waals surface area (Å²) in [6, 6.07) is 0.482. The third-order valence-corrected chi connectivity index (χ3v) is 5.00. The maximum absolute atomic E-state index is 9.05. The number of aliphatic hydroxyl groups excluding tert-OH is 1. The fourth-order valence-corrected chi connectivity index (χ4v) is 3.60. The van der Waals surface area contributed by atoms with E-state index in [0.29, 0.717) is 11.7 Å². The molecule has 7 nitrogen and oxygen atoms in total. The first-order chi connectivity index (χ1) is 11.2. The van der Waals surface area contributed by atoms with Gasteiger partial charge in [0, 0.05) is 45.3 Å². The zero-order valence-corrected chi connectivity index (χ0v) is 14.0. The van der Waals surface area contributed by atoms with E-state index in [2.05, 4.69) is 31.6 Å². The van der Waals surface area contributed by atoms with Crippen LogP contribution in [0.2, 0.25) is 0 Å². The number of aliphatic hydroxyl groups is 1. The van der Waals surface area contributed by atoms with Crippen molar-refractivity contribution in [3.8, 4) is 0 Å². The highest BCUT2D eigenvalue weighted by molar-refractivity contribution is 5.76. The van der Waals surface area contributed by atoms with Gasteiger partial charge in [0.05, 0.1) is 6.61 Å². The first-order valence-electron chi connectivity index (χ1n) is 8.66. The van der Waals surface area contributed by atoms with Gasteiger partial charge in [0.1, 0.15) is 12.0 Å². The molecule has 3 rings (SSSR count). The van der Waals surface area contributed by atoms with Crippen LogP contribution in [-0.4, -0.2) is 71.9 Å². The molecule has 0 aliphatic carbocycles. The van der Waals surface area contributed by atoms with Gasteiger partial charge in [-0.25, -0.2) is 9.97 Å². The largest absolute Gasteiger partial charge is 0.395 e. The minimum atomic E-state index is 0.215. The molecule has 2 saturated heterocycles. The third-order valence-electron chi connectivity index (χ3n) is 5.00. The van der Waals surface area contributed by atoms with Crippen LogP contribution in [0.15, 0.2) is 6.33 Å². The second-order valence-electron chi connectivity index (χ2n) is 6.53. The zero-order valence-electron chi connectivity index (χ0n) is 14.0. The number of piperidine rings is 1. The number of rotatable bonds is 4. The molecule has 7 heteroatoms. The maximum atomic E-state index is 9.05. The Kier molecular flexibility index (Phi) is 5.17. The molecule has 1 aromatic heterocycles. The molecule has 2 aliphatic rings. The van der Waals surface area contributed by atoms with Gasteiger partial charge in [0.15, 0.2) is 11.6 Å². The van der Waals surface area contributed by atoms with Crippen molar-refractivity contribution in [2.24, 2.45) is 0 Å². The van der Waals surface area contributed by atoms with Crippen molar-refractivity contribution in [3.63, 3.8) is 0 Å². The second kappa shape index (κ2) is 7.31. The minimum Gasteiger partial charge on any atom is -0.395 e. The van der Waals surface area contributed by atoms with Crippen molar-refractivity contribution in [3.05, 3.63) is 6.33 Å². The monoisotopic (exact) mass is 320 g/mol. The van der Waals surface area contributed by atoms with E-state index in [1.807, 2.05) is 0 Å². The van der Waals surface area contributed by atoms with Crippen molar-refractivity contribution in [2.75, 3.05) is 61.4 Å². The first kappa shape index (κ1) is 16.3. The number of nitrogens with zero attached hydrogens (tertiary/aromatic N) is 5. The van der Waals surface area contributed by atoms with Gasteiger partial charge in [-0.3, -0.25) is 4.90 Å². The molecule has 0 radical (unpaired) electrons. The Hall–Kier alpha value is -1.60. The van der Waals surface area contributed by atoms with Crippen LogP contribution in [0.25, 0.3) is 0 Å². The van der Waals surface area contributed by atoms with E-state index >= 15 is 0 Å². The summed E-state index contributed by atoms with van der Waals surface area (Å²) in [7, 11) is 0. The van der Waals surface area contributed by atoms with E-state index < -0.39 is 0 Å². The summed E-state index contributed by atoms with van der Waals surface area (Å²) >= 11 is 0. The number of hydrogen-bond acceptors (Lipinski definition) is 7. The third kappa shape index (κ3) is 3.50. The Balaban J connectivity index is 1.75. The van der Waals surface area contributed by atoms with Gasteiger partial charge in [-0.2, -0.15) is 0 Å². The highest BCUT2D eigenvalue weighted by Crippen LogP contribution is 2.32. The average molecular weight is 320 g/mol. The molecule has 2 fully saturated rings. The number of aromatic nitrogens is 2. The van der Waals surface area contributed by atoms with Crippen molar-refractivity contribution < 1.29 is 5.11 Å². The number of nitrogen functional groups attached to an aromatic ring is 1. The molecule has 1 atom stereocenters. The molecule has 1 aromatic rings. The van der Waals surface area contributed by atoms with Crippen LogP contribution < -0.4 is 15.5 Å². The van der Waals surface area contributed by atoms with Gasteiger partial charge < -0.3 is 20.6 Å². The van der Waals surface area contributed by atoms with E-state index in [9.17, 15) is 0 Å². The number of hydrogen-bond donors (Lipinski definition) is 2. The second-order valence-corrected chi connectivity index (χ2v) is 6.53. The standard InChI is InChI=1S/C16H28N6O/c1-13-4-2-3-5-22(13)16-14(17)15(18-12-19-16)21-8-6-20(7-9-21)10-11-23/h12-13,23H,2-11,17H2,1H3. The summed E-state index contributed by atoms with van der Waals surface area (Å²) < 4.78 is 0. The molecule has 3 heterocycles. The van der Waals surface area contributed by atoms with Gasteiger partial charge in [0.2, 0.25) is 0 Å². The van der Waals surface area contributed by atoms with E-state index in [1.54, 1.807) is 6.33 Å². The molecule has 1 unspecified atom stereocenters. The topological polar surface area (TPSA) is 81.8 Å². The van der Waals surface area contributed by atoms with E-state index in [4.69, 9.17) is 10.8 Å². The molecule has 0 spiro atoms. The Labute approximate surface area is 138 Å². The fourth-order valence-electron chi connectivity index (χ4n) is 3.60. The first-order valence-corrected chi connectivity index (χ1v) is 8.66. The summed E-state index contributed by atoms with van der Waals surface area (Å²) in [6.07, 6.45) is 5.31. The van der Waals surface area contributed by atoms with Crippen molar-refractivity contribution in [1.29, 1.82) is 0 Å². The molecule has 0 saturated carbocycles. The molecule has 128 valence electrons. The van der Waals surface area contributed by atoms with E-state index in [0.717, 1.165) is 50.9 Å². The van der Waals surface area contributed by atoms with E-state index in [1.165, 1.54) is 19.3 Å². The molecule has 0 bridgehead atoms. The number of nitrogens with two attached hydrogens (primary N) is 1. The van der Waals surface area contributed by atoms with Gasteiger partial charge in [0.25, 0.3) is 0 Å². The Morgan fingerprint density at radius 3 is 2.57 bits per heavy atom. The Morgan fingerprint density at radius 1 is 1.13 bits per heavy atom. The fraction of sp³-hybridized carbons (Fsp3) is 0.750. The molecular formula is C16H28N6O. The Bertz CT molecular complexity index is 517. The van der Waals surface area contributed by atoms with Crippen molar-refractivity contribution in [1.82, 2.24) is 14.9 Å². The highest BCUT2D eigenvalue weighted by Gasteiger charge is 2.26. The van der Waals surface area contributed by atoms with Crippen LogP contribution in [0.1, 0.15) is 26.2 Å². The highest BCUT2D eigenvalue weighted by atomic mass is 16.3. The van der Waals surface area contributed by atoms with Crippen LogP contribution in [0.5, 0.6) is 0 Å². The quantitative estimate of drug-likeness (QED) is 0.838. The van der Waals surface area contributed by atoms with Gasteiger partial charge in [-0.1, -0.05) is 0 Å². The molecule has 3 N–H and O–H groups in total. The van der Waals surface area contributed by atoms with Crippen molar-refractivity contribution in [2.45, 2.75) is 32.2 Å². The molecule has 0 amide bonds. The summed E-state index contributed by atoms with van der Waals surface area (Å²) in [6.45, 7) is 7.85. The van der Waals surface area contributed by atoms with Crippen LogP contribution in [-0.2, 0) is 0 Å². The molecule has 0 aromatic carbocycles. The van der Waals surface area contributed by atoms with Crippen molar-refractivity contribution >= 4 is 17.3 Å². The van der Waals surface area contributed by atoms with Crippen LogP contribution in [0, 0.1) is 0 Å². The van der Waals surface area contributed by atoms with Crippen LogP contribution >= 0.6 is 0 Å². The number of β-amino-alcohol motifs (C(OH)–C–C–N with tert-alkyl or cyclic N) is 1.